The Morgan fingerprint density at radius 1 is 1.06 bits per heavy atom. The van der Waals surface area contributed by atoms with Crippen LogP contribution in [0.15, 0.2) is 58.2 Å². The van der Waals surface area contributed by atoms with Crippen LogP contribution in [0.1, 0.15) is 11.1 Å². The van der Waals surface area contributed by atoms with Gasteiger partial charge >= 0.3 is 0 Å². The second-order valence-corrected chi connectivity index (χ2v) is 4.68. The average Bonchev–Trinajstić information content (AvgIpc) is 2.39. The summed E-state index contributed by atoms with van der Waals surface area (Å²) in [6.45, 7) is 0.697. The Morgan fingerprint density at radius 3 is 2.50 bits per heavy atom. The van der Waals surface area contributed by atoms with Gasteiger partial charge in [0.1, 0.15) is 18.9 Å². The van der Waals surface area contributed by atoms with Crippen molar-refractivity contribution in [3.8, 4) is 5.75 Å². The van der Waals surface area contributed by atoms with E-state index >= 15 is 0 Å². The summed E-state index contributed by atoms with van der Waals surface area (Å²) in [5.74, 6) is 0.758. The fraction of sp³-hybridized carbons (Fsp3) is 0.143. The Kier molecular flexibility index (Phi) is 4.47. The second kappa shape index (κ2) is 6.31. The molecule has 2 aromatic rings. The van der Waals surface area contributed by atoms with Crippen molar-refractivity contribution in [1.29, 1.82) is 0 Å². The van der Waals surface area contributed by atoms with Crippen molar-refractivity contribution in [1.82, 2.24) is 0 Å². The molecule has 18 heavy (non-hydrogen) atoms. The molecule has 4 heteroatoms. The molecule has 0 aliphatic carbocycles. The largest absolute Gasteiger partial charge is 0.488 e. The Labute approximate surface area is 114 Å². The third kappa shape index (κ3) is 3.40. The summed E-state index contributed by atoms with van der Waals surface area (Å²) in [6, 6.07) is 15.5. The van der Waals surface area contributed by atoms with E-state index in [1.165, 1.54) is 0 Å². The molecule has 0 heterocycles. The van der Waals surface area contributed by atoms with Crippen LogP contribution in [-0.4, -0.2) is 0 Å². The molecule has 0 saturated heterocycles. The van der Waals surface area contributed by atoms with E-state index in [1.807, 2.05) is 48.5 Å². The van der Waals surface area contributed by atoms with Crippen LogP contribution in [-0.2, 0) is 13.2 Å². The number of nitroso groups, excluding NO2 is 1. The van der Waals surface area contributed by atoms with Gasteiger partial charge in [0, 0.05) is 0 Å². The van der Waals surface area contributed by atoms with Crippen molar-refractivity contribution in [2.24, 2.45) is 5.18 Å². The maximum Gasteiger partial charge on any atom is 0.134 e. The normalized spacial score (nSPS) is 10.1. The number of nitrogens with zero attached hydrogens (tertiary/aromatic N) is 1. The Morgan fingerprint density at radius 2 is 1.83 bits per heavy atom. The molecule has 2 rings (SSSR count). The lowest BCUT2D eigenvalue weighted by molar-refractivity contribution is 0.304. The average molecular weight is 306 g/mol. The van der Waals surface area contributed by atoms with Crippen molar-refractivity contribution in [3.63, 3.8) is 0 Å². The van der Waals surface area contributed by atoms with Gasteiger partial charge < -0.3 is 4.74 Å². The highest BCUT2D eigenvalue weighted by Crippen LogP contribution is 2.27. The first-order chi connectivity index (χ1) is 8.79. The van der Waals surface area contributed by atoms with Gasteiger partial charge in [-0.1, -0.05) is 41.6 Å². The van der Waals surface area contributed by atoms with Gasteiger partial charge in [0.05, 0.1) is 4.47 Å². The lowest BCUT2D eigenvalue weighted by atomic mass is 10.2. The number of hydrogen-bond donors (Lipinski definition) is 0. The zero-order valence-electron chi connectivity index (χ0n) is 9.67. The van der Waals surface area contributed by atoms with Crippen LogP contribution in [0.3, 0.4) is 0 Å². The van der Waals surface area contributed by atoms with Crippen molar-refractivity contribution in [2.45, 2.75) is 13.2 Å². The maximum absolute atomic E-state index is 10.2. The summed E-state index contributed by atoms with van der Waals surface area (Å²) < 4.78 is 6.53. The highest BCUT2D eigenvalue weighted by molar-refractivity contribution is 9.10. The zero-order valence-corrected chi connectivity index (χ0v) is 11.3. The van der Waals surface area contributed by atoms with E-state index in [9.17, 15) is 4.91 Å². The maximum atomic E-state index is 10.2. The van der Waals surface area contributed by atoms with Gasteiger partial charge in [-0.15, -0.1) is 0 Å². The molecule has 0 saturated carbocycles. The van der Waals surface area contributed by atoms with Gasteiger partial charge in [0.25, 0.3) is 0 Å². The summed E-state index contributed by atoms with van der Waals surface area (Å²) in [7, 11) is 0. The molecular formula is C14H12BrNO2. The third-order valence-electron chi connectivity index (χ3n) is 2.48. The van der Waals surface area contributed by atoms with Gasteiger partial charge in [0.2, 0.25) is 0 Å². The molecule has 0 N–H and O–H groups in total. The molecule has 0 fully saturated rings. The predicted molar refractivity (Wildman–Crippen MR) is 74.4 cm³/mol. The first kappa shape index (κ1) is 12.8. The molecule has 0 aromatic heterocycles. The first-order valence-electron chi connectivity index (χ1n) is 5.54. The van der Waals surface area contributed by atoms with Crippen LogP contribution in [0, 0.1) is 4.91 Å². The zero-order chi connectivity index (χ0) is 12.8. The molecule has 0 bridgehead atoms. The van der Waals surface area contributed by atoms with Crippen molar-refractivity contribution >= 4 is 15.9 Å². The summed E-state index contributed by atoms with van der Waals surface area (Å²) in [5.41, 5.74) is 1.98. The van der Waals surface area contributed by atoms with E-state index in [4.69, 9.17) is 4.74 Å². The van der Waals surface area contributed by atoms with Crippen molar-refractivity contribution < 1.29 is 4.74 Å². The summed E-state index contributed by atoms with van der Waals surface area (Å²) in [6.07, 6.45) is 0. The molecule has 0 spiro atoms. The van der Waals surface area contributed by atoms with Crippen LogP contribution >= 0.6 is 15.9 Å². The molecular weight excluding hydrogens is 294 g/mol. The second-order valence-electron chi connectivity index (χ2n) is 3.83. The van der Waals surface area contributed by atoms with E-state index < -0.39 is 0 Å². The number of ether oxygens (including phenoxy) is 1. The monoisotopic (exact) mass is 305 g/mol. The fourth-order valence-electron chi connectivity index (χ4n) is 1.57. The molecule has 92 valence electrons. The minimum absolute atomic E-state index is 0.178. The van der Waals surface area contributed by atoms with E-state index in [-0.39, 0.29) is 6.54 Å². The van der Waals surface area contributed by atoms with Gasteiger partial charge in [-0.05, 0) is 39.2 Å². The van der Waals surface area contributed by atoms with E-state index in [2.05, 4.69) is 21.1 Å². The van der Waals surface area contributed by atoms with Gasteiger partial charge in [-0.25, -0.2) is 0 Å². The van der Waals surface area contributed by atoms with Crippen molar-refractivity contribution in [2.75, 3.05) is 0 Å². The van der Waals surface area contributed by atoms with E-state index in [1.54, 1.807) is 0 Å². The minimum Gasteiger partial charge on any atom is -0.488 e. The molecule has 0 unspecified atom stereocenters. The standard InChI is InChI=1S/C14H12BrNO2/c15-13-8-12(9-16-17)6-7-14(13)18-10-11-4-2-1-3-5-11/h1-8H,9-10H2. The molecule has 3 nitrogen and oxygen atoms in total. The number of rotatable bonds is 5. The molecule has 0 amide bonds. The van der Waals surface area contributed by atoms with Crippen LogP contribution in [0.5, 0.6) is 5.75 Å². The van der Waals surface area contributed by atoms with Crippen LogP contribution < -0.4 is 4.74 Å². The fourth-order valence-corrected chi connectivity index (χ4v) is 2.11. The van der Waals surface area contributed by atoms with E-state index in [0.717, 1.165) is 21.3 Å². The Balaban J connectivity index is 2.03. The lowest BCUT2D eigenvalue weighted by Gasteiger charge is -2.09. The number of benzene rings is 2. The first-order valence-corrected chi connectivity index (χ1v) is 6.33. The smallest absolute Gasteiger partial charge is 0.134 e. The molecule has 0 aliphatic rings. The lowest BCUT2D eigenvalue weighted by Crippen LogP contribution is -1.96. The van der Waals surface area contributed by atoms with Crippen molar-refractivity contribution in [3.05, 3.63) is 69.0 Å². The Hall–Kier alpha value is -1.68. The summed E-state index contributed by atoms with van der Waals surface area (Å²) in [5, 5.41) is 2.86. The summed E-state index contributed by atoms with van der Waals surface area (Å²) in [4.78, 5) is 10.2. The predicted octanol–water partition coefficient (Wildman–Crippen LogP) is 4.29. The minimum atomic E-state index is 0.178. The third-order valence-corrected chi connectivity index (χ3v) is 3.10. The van der Waals surface area contributed by atoms with Gasteiger partial charge in [-0.2, -0.15) is 4.91 Å². The molecule has 0 aliphatic heterocycles. The highest BCUT2D eigenvalue weighted by Gasteiger charge is 2.03. The summed E-state index contributed by atoms with van der Waals surface area (Å²) >= 11 is 3.42. The molecule has 0 atom stereocenters. The number of halogens is 1. The Bertz CT molecular complexity index is 529. The van der Waals surface area contributed by atoms with Crippen LogP contribution in [0.4, 0.5) is 0 Å². The molecule has 0 radical (unpaired) electrons. The quantitative estimate of drug-likeness (QED) is 0.773. The highest BCUT2D eigenvalue weighted by atomic mass is 79.9. The van der Waals surface area contributed by atoms with Crippen LogP contribution in [0.2, 0.25) is 0 Å². The topological polar surface area (TPSA) is 38.7 Å². The van der Waals surface area contributed by atoms with E-state index in [0.29, 0.717) is 6.61 Å². The van der Waals surface area contributed by atoms with Gasteiger partial charge in [-0.3, -0.25) is 0 Å². The SMILES string of the molecule is O=NCc1ccc(OCc2ccccc2)c(Br)c1. The van der Waals surface area contributed by atoms with Crippen LogP contribution in [0.25, 0.3) is 0 Å². The van der Waals surface area contributed by atoms with Gasteiger partial charge in [0.15, 0.2) is 0 Å². The number of hydrogen-bond acceptors (Lipinski definition) is 3. The molecule has 2 aromatic carbocycles.